The molecule has 2 aromatic heterocycles. The van der Waals surface area contributed by atoms with E-state index in [1.165, 1.54) is 4.88 Å². The molecule has 0 aliphatic carbocycles. The predicted octanol–water partition coefficient (Wildman–Crippen LogP) is 0.971. The topological polar surface area (TPSA) is 79.3 Å². The van der Waals surface area contributed by atoms with Crippen molar-refractivity contribution in [2.45, 2.75) is 39.0 Å². The van der Waals surface area contributed by atoms with Crippen LogP contribution in [0, 0.1) is 0 Å². The summed E-state index contributed by atoms with van der Waals surface area (Å²) < 4.78 is 1.98. The number of nitrogens with one attached hydrogen (secondary N) is 2. The molecule has 25 heavy (non-hydrogen) atoms. The lowest BCUT2D eigenvalue weighted by atomic mass is 10.1. The zero-order valence-electron chi connectivity index (χ0n) is 14.3. The summed E-state index contributed by atoms with van der Waals surface area (Å²) >= 11 is 1.67. The number of aromatic nitrogens is 2. The normalized spacial score (nSPS) is 18.1. The van der Waals surface area contributed by atoms with Crippen LogP contribution in [0.2, 0.25) is 0 Å². The average molecular weight is 361 g/mol. The first-order valence-corrected chi connectivity index (χ1v) is 9.36. The Balaban J connectivity index is 1.57. The van der Waals surface area contributed by atoms with E-state index < -0.39 is 6.04 Å². The monoisotopic (exact) mass is 361 g/mol. The Morgan fingerprint density at radius 1 is 1.52 bits per heavy atom. The number of thiophene rings is 1. The standard InChI is InChI=1S/C17H23N5O2S/c1-2-21-7-5-18-15(21)11-20-16(23)10-14-17(24)19-6-8-22(14)12-13-4-3-9-25-13/h3-5,7,9,14H,2,6,8,10-12H2,1H3,(H,19,24)(H,20,23). The average Bonchev–Trinajstić information content (AvgIpc) is 3.27. The molecule has 3 rings (SSSR count). The minimum absolute atomic E-state index is 0.0759. The Labute approximate surface area is 151 Å². The summed E-state index contributed by atoms with van der Waals surface area (Å²) in [5.74, 6) is 0.608. The first-order chi connectivity index (χ1) is 12.2. The van der Waals surface area contributed by atoms with E-state index in [9.17, 15) is 9.59 Å². The van der Waals surface area contributed by atoms with E-state index in [0.717, 1.165) is 18.9 Å². The van der Waals surface area contributed by atoms with Gasteiger partial charge in [-0.15, -0.1) is 11.3 Å². The van der Waals surface area contributed by atoms with Gasteiger partial charge in [0, 0.05) is 43.4 Å². The number of carbonyl (C=O) groups excluding carboxylic acids is 2. The fraction of sp³-hybridized carbons (Fsp3) is 0.471. The summed E-state index contributed by atoms with van der Waals surface area (Å²) in [5, 5.41) is 7.77. The number of hydrogen-bond donors (Lipinski definition) is 2. The maximum absolute atomic E-state index is 12.3. The second-order valence-corrected chi connectivity index (χ2v) is 7.00. The number of piperazine rings is 1. The van der Waals surface area contributed by atoms with Crippen molar-refractivity contribution < 1.29 is 9.59 Å². The third kappa shape index (κ3) is 4.46. The van der Waals surface area contributed by atoms with Crippen molar-refractivity contribution in [3.63, 3.8) is 0 Å². The number of hydrogen-bond acceptors (Lipinski definition) is 5. The summed E-state index contributed by atoms with van der Waals surface area (Å²) in [6.45, 7) is 5.28. The largest absolute Gasteiger partial charge is 0.353 e. The molecule has 0 radical (unpaired) electrons. The highest BCUT2D eigenvalue weighted by molar-refractivity contribution is 7.09. The van der Waals surface area contributed by atoms with Crippen LogP contribution in [-0.4, -0.2) is 45.4 Å². The zero-order valence-corrected chi connectivity index (χ0v) is 15.1. The van der Waals surface area contributed by atoms with Crippen LogP contribution in [0.1, 0.15) is 24.0 Å². The van der Waals surface area contributed by atoms with Crippen LogP contribution >= 0.6 is 11.3 Å². The maximum Gasteiger partial charge on any atom is 0.237 e. The summed E-state index contributed by atoms with van der Waals surface area (Å²) in [4.78, 5) is 32.1. The molecule has 0 spiro atoms. The van der Waals surface area contributed by atoms with Crippen molar-refractivity contribution in [2.24, 2.45) is 0 Å². The van der Waals surface area contributed by atoms with Crippen LogP contribution in [0.4, 0.5) is 0 Å². The lowest BCUT2D eigenvalue weighted by Crippen LogP contribution is -2.56. The molecule has 2 aromatic rings. The van der Waals surface area contributed by atoms with Crippen LogP contribution in [0.5, 0.6) is 0 Å². The molecule has 1 fully saturated rings. The van der Waals surface area contributed by atoms with Gasteiger partial charge in [0.2, 0.25) is 11.8 Å². The third-order valence-electron chi connectivity index (χ3n) is 4.35. The Morgan fingerprint density at radius 2 is 2.40 bits per heavy atom. The molecule has 1 atom stereocenters. The van der Waals surface area contributed by atoms with Gasteiger partial charge >= 0.3 is 0 Å². The zero-order chi connectivity index (χ0) is 17.6. The van der Waals surface area contributed by atoms with Gasteiger partial charge in [-0.2, -0.15) is 0 Å². The van der Waals surface area contributed by atoms with Gasteiger partial charge in [0.15, 0.2) is 0 Å². The molecule has 3 heterocycles. The van der Waals surface area contributed by atoms with E-state index in [1.807, 2.05) is 29.1 Å². The molecule has 2 amide bonds. The molecule has 0 aromatic carbocycles. The number of carbonyl (C=O) groups is 2. The molecule has 0 bridgehead atoms. The van der Waals surface area contributed by atoms with Crippen LogP contribution in [0.3, 0.4) is 0 Å². The lowest BCUT2D eigenvalue weighted by Gasteiger charge is -2.34. The Bertz CT molecular complexity index is 712. The molecular weight excluding hydrogens is 338 g/mol. The minimum Gasteiger partial charge on any atom is -0.353 e. The number of aryl methyl sites for hydroxylation is 1. The van der Waals surface area contributed by atoms with Crippen molar-refractivity contribution >= 4 is 23.2 Å². The van der Waals surface area contributed by atoms with E-state index in [4.69, 9.17) is 0 Å². The SMILES string of the molecule is CCn1ccnc1CNC(=O)CC1C(=O)NCCN1Cc1cccs1. The first-order valence-electron chi connectivity index (χ1n) is 8.48. The van der Waals surface area contributed by atoms with Crippen LogP contribution in [0.15, 0.2) is 29.9 Å². The van der Waals surface area contributed by atoms with Crippen LogP contribution in [-0.2, 0) is 29.2 Å². The molecular formula is C17H23N5O2S. The van der Waals surface area contributed by atoms with Crippen molar-refractivity contribution in [2.75, 3.05) is 13.1 Å². The lowest BCUT2D eigenvalue weighted by molar-refractivity contribution is -0.134. The number of imidazole rings is 1. The second kappa shape index (κ2) is 8.26. The Hall–Kier alpha value is -2.19. The maximum atomic E-state index is 12.3. The molecule has 134 valence electrons. The quantitative estimate of drug-likeness (QED) is 0.770. The summed E-state index contributed by atoms with van der Waals surface area (Å²) in [5.41, 5.74) is 0. The molecule has 8 heteroatoms. The van der Waals surface area contributed by atoms with Crippen molar-refractivity contribution in [1.29, 1.82) is 0 Å². The third-order valence-corrected chi connectivity index (χ3v) is 5.21. The van der Waals surface area contributed by atoms with E-state index in [-0.39, 0.29) is 18.2 Å². The van der Waals surface area contributed by atoms with Gasteiger partial charge in [0.1, 0.15) is 5.82 Å². The van der Waals surface area contributed by atoms with Crippen molar-refractivity contribution in [1.82, 2.24) is 25.1 Å². The fourth-order valence-electron chi connectivity index (χ4n) is 3.00. The van der Waals surface area contributed by atoms with E-state index >= 15 is 0 Å². The summed E-state index contributed by atoms with van der Waals surface area (Å²) in [6, 6.07) is 3.63. The van der Waals surface area contributed by atoms with Gasteiger partial charge in [-0.3, -0.25) is 14.5 Å². The molecule has 0 saturated carbocycles. The van der Waals surface area contributed by atoms with Gasteiger partial charge in [0.25, 0.3) is 0 Å². The van der Waals surface area contributed by atoms with E-state index in [1.54, 1.807) is 17.5 Å². The molecule has 1 aliphatic rings. The van der Waals surface area contributed by atoms with Crippen molar-refractivity contribution in [3.8, 4) is 0 Å². The highest BCUT2D eigenvalue weighted by atomic mass is 32.1. The molecule has 7 nitrogen and oxygen atoms in total. The smallest absolute Gasteiger partial charge is 0.237 e. The molecule has 2 N–H and O–H groups in total. The molecule has 1 saturated heterocycles. The molecule has 1 aliphatic heterocycles. The van der Waals surface area contributed by atoms with Crippen LogP contribution < -0.4 is 10.6 Å². The van der Waals surface area contributed by atoms with Gasteiger partial charge < -0.3 is 15.2 Å². The fourth-order valence-corrected chi connectivity index (χ4v) is 3.73. The number of amides is 2. The van der Waals surface area contributed by atoms with Gasteiger partial charge in [0.05, 0.1) is 19.0 Å². The van der Waals surface area contributed by atoms with Gasteiger partial charge in [-0.05, 0) is 18.4 Å². The second-order valence-electron chi connectivity index (χ2n) is 5.97. The molecule has 1 unspecified atom stereocenters. The Kier molecular flexibility index (Phi) is 5.83. The van der Waals surface area contributed by atoms with Gasteiger partial charge in [-0.25, -0.2) is 4.98 Å². The first kappa shape index (κ1) is 17.6. The van der Waals surface area contributed by atoms with Crippen LogP contribution in [0.25, 0.3) is 0 Å². The van der Waals surface area contributed by atoms with Gasteiger partial charge in [-0.1, -0.05) is 6.07 Å². The number of nitrogens with zero attached hydrogens (tertiary/aromatic N) is 3. The van der Waals surface area contributed by atoms with E-state index in [2.05, 4.69) is 26.6 Å². The van der Waals surface area contributed by atoms with Crippen molar-refractivity contribution in [3.05, 3.63) is 40.6 Å². The Morgan fingerprint density at radius 3 is 3.16 bits per heavy atom. The van der Waals surface area contributed by atoms with E-state index in [0.29, 0.717) is 19.6 Å². The number of rotatable bonds is 7. The summed E-state index contributed by atoms with van der Waals surface area (Å²) in [7, 11) is 0. The minimum atomic E-state index is -0.429. The highest BCUT2D eigenvalue weighted by Crippen LogP contribution is 2.17. The predicted molar refractivity (Wildman–Crippen MR) is 95.9 cm³/mol. The summed E-state index contributed by atoms with van der Waals surface area (Å²) in [6.07, 6.45) is 3.77. The highest BCUT2D eigenvalue weighted by Gasteiger charge is 2.31.